The van der Waals surface area contributed by atoms with Crippen LogP contribution in [0.15, 0.2) is 23.3 Å². The zero-order chi connectivity index (χ0) is 7.78. The van der Waals surface area contributed by atoms with Crippen LogP contribution in [0.5, 0.6) is 0 Å². The van der Waals surface area contributed by atoms with Crippen LogP contribution in [0.3, 0.4) is 0 Å². The fourth-order valence-electron chi connectivity index (χ4n) is 0.616. The second-order valence-electron chi connectivity index (χ2n) is 1.90. The number of aromatic nitrogens is 1. The second kappa shape index (κ2) is 5.88. The molecule has 1 aliphatic rings. The maximum Gasteiger partial charge on any atom is 0.180 e. The topological polar surface area (TPSA) is 44.5 Å². The number of ether oxygens (including phenoxy) is 2. The van der Waals surface area contributed by atoms with E-state index in [1.165, 1.54) is 12.7 Å². The van der Waals surface area contributed by atoms with Crippen molar-refractivity contribution in [1.29, 1.82) is 0 Å². The molecule has 0 radical (unpaired) electrons. The van der Waals surface area contributed by atoms with Gasteiger partial charge in [0.05, 0.1) is 32.6 Å². The molecule has 1 saturated heterocycles. The minimum Gasteiger partial charge on any atom is -0.452 e. The van der Waals surface area contributed by atoms with Crippen molar-refractivity contribution in [3.8, 4) is 0 Å². The van der Waals surface area contributed by atoms with Crippen LogP contribution in [0.25, 0.3) is 0 Å². The van der Waals surface area contributed by atoms with E-state index >= 15 is 0 Å². The molecule has 4 nitrogen and oxygen atoms in total. The highest BCUT2D eigenvalue weighted by molar-refractivity contribution is 4.56. The number of hydrogen-bond donors (Lipinski definition) is 0. The minimum absolute atomic E-state index is 0.778. The van der Waals surface area contributed by atoms with Crippen molar-refractivity contribution in [3.63, 3.8) is 0 Å². The highest BCUT2D eigenvalue weighted by Gasteiger charge is 1.94. The van der Waals surface area contributed by atoms with E-state index in [-0.39, 0.29) is 0 Å². The molecule has 1 aromatic heterocycles. The molecule has 0 N–H and O–H groups in total. The number of rotatable bonds is 0. The molecule has 0 aromatic carbocycles. The lowest BCUT2D eigenvalue weighted by atomic mass is 10.6. The molecule has 0 saturated carbocycles. The van der Waals surface area contributed by atoms with Gasteiger partial charge in [-0.3, -0.25) is 0 Å². The number of hydrogen-bond acceptors (Lipinski definition) is 4. The Kier molecular flexibility index (Phi) is 4.40. The Bertz CT molecular complexity index is 120. The summed E-state index contributed by atoms with van der Waals surface area (Å²) in [6.45, 7) is 3.11. The summed E-state index contributed by atoms with van der Waals surface area (Å²) in [5, 5.41) is 0. The lowest BCUT2D eigenvalue weighted by molar-refractivity contribution is -0.0334. The first-order chi connectivity index (χ1) is 5.50. The third-order valence-electron chi connectivity index (χ3n) is 1.09. The smallest absolute Gasteiger partial charge is 0.180 e. The van der Waals surface area contributed by atoms with Gasteiger partial charge < -0.3 is 13.9 Å². The predicted molar refractivity (Wildman–Crippen MR) is 38.1 cm³/mol. The van der Waals surface area contributed by atoms with Gasteiger partial charge in [-0.15, -0.1) is 0 Å². The molecule has 2 rings (SSSR count). The molecule has 1 aliphatic heterocycles. The lowest BCUT2D eigenvalue weighted by Gasteiger charge is -2.09. The molecule has 0 spiro atoms. The first-order valence-corrected chi connectivity index (χ1v) is 3.48. The molecular weight excluding hydrogens is 146 g/mol. The molecule has 0 amide bonds. The summed E-state index contributed by atoms with van der Waals surface area (Å²) in [5.41, 5.74) is 0. The quantitative estimate of drug-likeness (QED) is 0.556. The van der Waals surface area contributed by atoms with Crippen LogP contribution in [-0.2, 0) is 9.47 Å². The summed E-state index contributed by atoms with van der Waals surface area (Å²) in [6.07, 6.45) is 4.47. The van der Waals surface area contributed by atoms with Gasteiger partial charge in [0.1, 0.15) is 6.26 Å². The van der Waals surface area contributed by atoms with Crippen molar-refractivity contribution in [1.82, 2.24) is 4.98 Å². The molecule has 4 heteroatoms. The van der Waals surface area contributed by atoms with Gasteiger partial charge in [0.15, 0.2) is 6.39 Å². The Balaban J connectivity index is 0.000000112. The van der Waals surface area contributed by atoms with Crippen molar-refractivity contribution in [3.05, 3.63) is 18.9 Å². The molecule has 2 heterocycles. The van der Waals surface area contributed by atoms with Gasteiger partial charge in [0.25, 0.3) is 0 Å². The highest BCUT2D eigenvalue weighted by Crippen LogP contribution is 1.85. The molecule has 1 aromatic rings. The van der Waals surface area contributed by atoms with Gasteiger partial charge in [0.2, 0.25) is 0 Å². The minimum atomic E-state index is 0.778. The fourth-order valence-corrected chi connectivity index (χ4v) is 0.616. The summed E-state index contributed by atoms with van der Waals surface area (Å²) in [7, 11) is 0. The summed E-state index contributed by atoms with van der Waals surface area (Å²) in [6, 6.07) is 0. The summed E-state index contributed by atoms with van der Waals surface area (Å²) in [4.78, 5) is 3.56. The van der Waals surface area contributed by atoms with Crippen molar-refractivity contribution >= 4 is 0 Å². The van der Waals surface area contributed by atoms with Gasteiger partial charge in [0, 0.05) is 0 Å². The first-order valence-electron chi connectivity index (χ1n) is 3.48. The van der Waals surface area contributed by atoms with E-state index in [2.05, 4.69) is 9.40 Å². The number of oxazole rings is 1. The Hall–Kier alpha value is -0.870. The van der Waals surface area contributed by atoms with Crippen molar-refractivity contribution in [2.75, 3.05) is 26.4 Å². The third kappa shape index (κ3) is 4.52. The largest absolute Gasteiger partial charge is 0.452 e. The molecule has 11 heavy (non-hydrogen) atoms. The van der Waals surface area contributed by atoms with E-state index in [1.807, 2.05) is 0 Å². The van der Waals surface area contributed by atoms with Crippen LogP contribution in [0.1, 0.15) is 0 Å². The Morgan fingerprint density at radius 3 is 1.82 bits per heavy atom. The molecule has 1 fully saturated rings. The highest BCUT2D eigenvalue weighted by atomic mass is 16.6. The number of nitrogens with zero attached hydrogens (tertiary/aromatic N) is 1. The zero-order valence-electron chi connectivity index (χ0n) is 6.23. The van der Waals surface area contributed by atoms with E-state index in [1.54, 1.807) is 6.20 Å². The lowest BCUT2D eigenvalue weighted by Crippen LogP contribution is -2.16. The molecule has 0 aliphatic carbocycles. The van der Waals surface area contributed by atoms with Gasteiger partial charge >= 0.3 is 0 Å². The van der Waals surface area contributed by atoms with Crippen molar-refractivity contribution in [2.45, 2.75) is 0 Å². The van der Waals surface area contributed by atoms with Crippen LogP contribution in [0, 0.1) is 0 Å². The standard InChI is InChI=1S/C4H8O2.C3H3NO/c1-2-6-4-3-5-1;1-2-5-3-4-1/h1-4H2;1-3H. The molecule has 62 valence electrons. The van der Waals surface area contributed by atoms with Crippen LogP contribution in [-0.4, -0.2) is 31.4 Å². The van der Waals surface area contributed by atoms with E-state index in [0.29, 0.717) is 0 Å². The van der Waals surface area contributed by atoms with Crippen molar-refractivity contribution < 1.29 is 13.9 Å². The maximum atomic E-state index is 4.94. The average molecular weight is 157 g/mol. The summed E-state index contributed by atoms with van der Waals surface area (Å²) in [5.74, 6) is 0. The predicted octanol–water partition coefficient (Wildman–Crippen LogP) is 0.708. The monoisotopic (exact) mass is 157 g/mol. The first kappa shape index (κ1) is 8.23. The van der Waals surface area contributed by atoms with Gasteiger partial charge in [-0.2, -0.15) is 0 Å². The Morgan fingerprint density at radius 1 is 1.00 bits per heavy atom. The Labute approximate surface area is 65.1 Å². The SMILES string of the molecule is C1COCCO1.c1cocn1. The summed E-state index contributed by atoms with van der Waals surface area (Å²) < 4.78 is 14.4. The van der Waals surface area contributed by atoms with Crippen LogP contribution < -0.4 is 0 Å². The van der Waals surface area contributed by atoms with E-state index < -0.39 is 0 Å². The Morgan fingerprint density at radius 2 is 1.64 bits per heavy atom. The fraction of sp³-hybridized carbons (Fsp3) is 0.571. The molecule has 0 bridgehead atoms. The normalized spacial score (nSPS) is 16.7. The van der Waals surface area contributed by atoms with Gasteiger partial charge in [-0.25, -0.2) is 4.98 Å². The third-order valence-corrected chi connectivity index (χ3v) is 1.09. The van der Waals surface area contributed by atoms with E-state index in [9.17, 15) is 0 Å². The van der Waals surface area contributed by atoms with Gasteiger partial charge in [-0.05, 0) is 0 Å². The van der Waals surface area contributed by atoms with E-state index in [4.69, 9.17) is 9.47 Å². The maximum absolute atomic E-state index is 4.94. The molecular formula is C7H11NO3. The molecule has 0 unspecified atom stereocenters. The van der Waals surface area contributed by atoms with Gasteiger partial charge in [-0.1, -0.05) is 0 Å². The molecule has 0 atom stereocenters. The summed E-state index contributed by atoms with van der Waals surface area (Å²) >= 11 is 0. The zero-order valence-corrected chi connectivity index (χ0v) is 6.23. The van der Waals surface area contributed by atoms with E-state index in [0.717, 1.165) is 26.4 Å². The average Bonchev–Trinajstić information content (AvgIpc) is 2.64. The van der Waals surface area contributed by atoms with Crippen LogP contribution >= 0.6 is 0 Å². The van der Waals surface area contributed by atoms with Crippen LogP contribution in [0.2, 0.25) is 0 Å². The van der Waals surface area contributed by atoms with Crippen molar-refractivity contribution in [2.24, 2.45) is 0 Å². The van der Waals surface area contributed by atoms with Crippen LogP contribution in [0.4, 0.5) is 0 Å². The second-order valence-corrected chi connectivity index (χ2v) is 1.90.